The van der Waals surface area contributed by atoms with Gasteiger partial charge in [-0.3, -0.25) is 10.1 Å². The van der Waals surface area contributed by atoms with Crippen LogP contribution in [0, 0.1) is 6.92 Å². The average molecular weight is 583 g/mol. The van der Waals surface area contributed by atoms with Crippen LogP contribution in [0.25, 0.3) is 20.8 Å². The quantitative estimate of drug-likeness (QED) is 0.154. The number of hydrogen-bond donors (Lipinski definition) is 2. The number of aryl methyl sites for hydroxylation is 1. The van der Waals surface area contributed by atoms with Crippen LogP contribution in [0.2, 0.25) is 0 Å². The van der Waals surface area contributed by atoms with Crippen molar-refractivity contribution in [1.82, 2.24) is 10.3 Å². The summed E-state index contributed by atoms with van der Waals surface area (Å²) in [6, 6.07) is 19.4. The highest BCUT2D eigenvalue weighted by atomic mass is 79.9. The molecule has 4 rings (SSSR count). The maximum atomic E-state index is 12.7. The molecule has 8 heteroatoms. The van der Waals surface area contributed by atoms with Gasteiger partial charge in [-0.1, -0.05) is 32.3 Å². The third-order valence-corrected chi connectivity index (χ3v) is 7.50. The lowest BCUT2D eigenvalue weighted by Gasteiger charge is -2.12. The van der Waals surface area contributed by atoms with Gasteiger partial charge in [-0.05, 0) is 102 Å². The van der Waals surface area contributed by atoms with Gasteiger partial charge in [0.05, 0.1) is 21.3 Å². The first-order valence-electron chi connectivity index (χ1n) is 12.0. The van der Waals surface area contributed by atoms with Crippen molar-refractivity contribution in [2.24, 2.45) is 0 Å². The zero-order chi connectivity index (χ0) is 25.5. The van der Waals surface area contributed by atoms with Crippen LogP contribution in [0.4, 0.5) is 5.69 Å². The van der Waals surface area contributed by atoms with Crippen molar-refractivity contribution in [3.05, 3.63) is 76.3 Å². The topological polar surface area (TPSA) is 63.2 Å². The van der Waals surface area contributed by atoms with Crippen LogP contribution < -0.4 is 15.4 Å². The van der Waals surface area contributed by atoms with E-state index in [0.717, 1.165) is 44.8 Å². The number of nitrogens with zero attached hydrogens (tertiary/aromatic N) is 1. The summed E-state index contributed by atoms with van der Waals surface area (Å²) in [5.41, 5.74) is 4.54. The van der Waals surface area contributed by atoms with E-state index in [2.05, 4.69) is 58.6 Å². The summed E-state index contributed by atoms with van der Waals surface area (Å²) in [5, 5.41) is 7.01. The van der Waals surface area contributed by atoms with Gasteiger partial charge >= 0.3 is 0 Å². The van der Waals surface area contributed by atoms with E-state index >= 15 is 0 Å². The lowest BCUT2D eigenvalue weighted by molar-refractivity contribution is 0.0977. The maximum Gasteiger partial charge on any atom is 0.257 e. The Kier molecular flexibility index (Phi) is 9.07. The van der Waals surface area contributed by atoms with Crippen LogP contribution in [-0.2, 0) is 0 Å². The van der Waals surface area contributed by atoms with Crippen LogP contribution in [0.15, 0.2) is 65.1 Å². The summed E-state index contributed by atoms with van der Waals surface area (Å²) in [6.07, 6.45) is 4.58. The molecule has 0 atom stereocenters. The predicted octanol–water partition coefficient (Wildman–Crippen LogP) is 8.12. The second-order valence-corrected chi connectivity index (χ2v) is 10.8. The Morgan fingerprint density at radius 2 is 1.86 bits per heavy atom. The molecule has 5 nitrogen and oxygen atoms in total. The molecule has 0 aliphatic carbocycles. The number of benzene rings is 3. The van der Waals surface area contributed by atoms with Crippen molar-refractivity contribution in [2.45, 2.75) is 39.5 Å². The van der Waals surface area contributed by atoms with Gasteiger partial charge in [0, 0.05) is 16.8 Å². The number of aromatic nitrogens is 1. The predicted molar refractivity (Wildman–Crippen MR) is 157 cm³/mol. The highest BCUT2D eigenvalue weighted by Crippen LogP contribution is 2.31. The first-order chi connectivity index (χ1) is 17.4. The van der Waals surface area contributed by atoms with Crippen molar-refractivity contribution < 1.29 is 9.53 Å². The van der Waals surface area contributed by atoms with Crippen LogP contribution in [0.1, 0.15) is 48.5 Å². The number of nitrogens with one attached hydrogen (secondary N) is 2. The molecule has 1 amide bonds. The number of halogens is 1. The summed E-state index contributed by atoms with van der Waals surface area (Å²) < 4.78 is 7.74. The molecule has 186 valence electrons. The third kappa shape index (κ3) is 6.90. The lowest BCUT2D eigenvalue weighted by Crippen LogP contribution is -2.34. The molecule has 0 spiro atoms. The Hall–Kier alpha value is -2.81. The molecule has 0 fully saturated rings. The SMILES string of the molecule is CCCCCCOc1ccc(C(=O)NC(=S)Nc2ccc(-c3nc4ccc(C)cc4s3)cc2)cc1Br. The zero-order valence-electron chi connectivity index (χ0n) is 20.3. The molecule has 0 saturated heterocycles. The first kappa shape index (κ1) is 26.3. The third-order valence-electron chi connectivity index (χ3n) is 5.61. The monoisotopic (exact) mass is 581 g/mol. The Morgan fingerprint density at radius 3 is 2.61 bits per heavy atom. The number of fused-ring (bicyclic) bond motifs is 1. The molecule has 1 heterocycles. The Morgan fingerprint density at radius 1 is 1.06 bits per heavy atom. The fourth-order valence-corrected chi connectivity index (χ4v) is 5.43. The number of hydrogen-bond acceptors (Lipinski definition) is 5. The smallest absolute Gasteiger partial charge is 0.257 e. The van der Waals surface area contributed by atoms with E-state index in [-0.39, 0.29) is 11.0 Å². The van der Waals surface area contributed by atoms with Gasteiger partial charge in [-0.25, -0.2) is 4.98 Å². The number of carbonyl (C=O) groups excluding carboxylic acids is 1. The van der Waals surface area contributed by atoms with Gasteiger partial charge in [0.25, 0.3) is 5.91 Å². The highest BCUT2D eigenvalue weighted by molar-refractivity contribution is 9.10. The van der Waals surface area contributed by atoms with E-state index in [9.17, 15) is 4.79 Å². The Balaban J connectivity index is 1.31. The molecule has 2 N–H and O–H groups in total. The van der Waals surface area contributed by atoms with Gasteiger partial charge in [-0.2, -0.15) is 0 Å². The molecule has 4 aromatic rings. The van der Waals surface area contributed by atoms with E-state index in [1.165, 1.54) is 23.1 Å². The second-order valence-electron chi connectivity index (χ2n) is 8.53. The molecule has 1 aromatic heterocycles. The number of rotatable bonds is 9. The fraction of sp³-hybridized carbons (Fsp3) is 0.250. The minimum absolute atomic E-state index is 0.232. The van der Waals surface area contributed by atoms with E-state index in [0.29, 0.717) is 12.2 Å². The van der Waals surface area contributed by atoms with Crippen LogP contribution in [0.5, 0.6) is 5.75 Å². The minimum atomic E-state index is -0.288. The van der Waals surface area contributed by atoms with E-state index in [1.54, 1.807) is 29.5 Å². The van der Waals surface area contributed by atoms with Crippen molar-refractivity contribution in [3.63, 3.8) is 0 Å². The van der Waals surface area contributed by atoms with Crippen LogP contribution >= 0.6 is 39.5 Å². The molecular formula is C28H28BrN3O2S2. The summed E-state index contributed by atoms with van der Waals surface area (Å²) in [7, 11) is 0. The number of amides is 1. The number of anilines is 1. The van der Waals surface area contributed by atoms with Crippen molar-refractivity contribution >= 4 is 66.4 Å². The Labute approximate surface area is 229 Å². The Bertz CT molecular complexity index is 1370. The van der Waals surface area contributed by atoms with Gasteiger partial charge < -0.3 is 10.1 Å². The average Bonchev–Trinajstić information content (AvgIpc) is 3.28. The van der Waals surface area contributed by atoms with E-state index in [1.807, 2.05) is 24.3 Å². The minimum Gasteiger partial charge on any atom is -0.492 e. The molecule has 0 saturated carbocycles. The van der Waals surface area contributed by atoms with Crippen molar-refractivity contribution in [2.75, 3.05) is 11.9 Å². The van der Waals surface area contributed by atoms with Crippen molar-refractivity contribution in [1.29, 1.82) is 0 Å². The largest absolute Gasteiger partial charge is 0.492 e. The van der Waals surface area contributed by atoms with Crippen LogP contribution in [-0.4, -0.2) is 22.6 Å². The van der Waals surface area contributed by atoms with Gasteiger partial charge in [0.15, 0.2) is 5.11 Å². The summed E-state index contributed by atoms with van der Waals surface area (Å²) >= 11 is 10.5. The van der Waals surface area contributed by atoms with Gasteiger partial charge in [0.2, 0.25) is 0 Å². The zero-order valence-corrected chi connectivity index (χ0v) is 23.5. The lowest BCUT2D eigenvalue weighted by atomic mass is 10.2. The molecule has 0 radical (unpaired) electrons. The highest BCUT2D eigenvalue weighted by Gasteiger charge is 2.12. The molecule has 36 heavy (non-hydrogen) atoms. The van der Waals surface area contributed by atoms with Gasteiger partial charge in [0.1, 0.15) is 10.8 Å². The fourth-order valence-electron chi connectivity index (χ4n) is 3.66. The number of ether oxygens (including phenoxy) is 1. The molecule has 0 bridgehead atoms. The summed E-state index contributed by atoms with van der Waals surface area (Å²) in [5.74, 6) is 0.441. The summed E-state index contributed by atoms with van der Waals surface area (Å²) in [6.45, 7) is 4.93. The standard InChI is InChI=1S/C28H28BrN3O2S2/c1-3-4-5-6-15-34-24-14-10-20(17-22(24)29)26(33)32-28(35)30-21-11-8-19(9-12-21)27-31-23-13-7-18(2)16-25(23)36-27/h7-14,16-17H,3-6,15H2,1-2H3,(H2,30,32,33,35). The first-order valence-corrected chi connectivity index (χ1v) is 14.0. The van der Waals surface area contributed by atoms with Crippen LogP contribution in [0.3, 0.4) is 0 Å². The van der Waals surface area contributed by atoms with E-state index in [4.69, 9.17) is 21.9 Å². The molecule has 0 aliphatic rings. The normalized spacial score (nSPS) is 10.9. The van der Waals surface area contributed by atoms with E-state index < -0.39 is 0 Å². The number of thiazole rings is 1. The maximum absolute atomic E-state index is 12.7. The molecule has 0 unspecified atom stereocenters. The van der Waals surface area contributed by atoms with Gasteiger partial charge in [-0.15, -0.1) is 11.3 Å². The molecule has 0 aliphatic heterocycles. The molecule has 3 aromatic carbocycles. The molecular weight excluding hydrogens is 554 g/mol. The second kappa shape index (κ2) is 12.4. The van der Waals surface area contributed by atoms with Crippen molar-refractivity contribution in [3.8, 4) is 16.3 Å². The number of unbranched alkanes of at least 4 members (excludes halogenated alkanes) is 3. The number of carbonyl (C=O) groups is 1. The summed E-state index contributed by atoms with van der Waals surface area (Å²) in [4.78, 5) is 17.4. The number of thiocarbonyl (C=S) groups is 1.